The van der Waals surface area contributed by atoms with Gasteiger partial charge >= 0.3 is 5.97 Å². The Morgan fingerprint density at radius 3 is 2.52 bits per heavy atom. The number of fused-ring (bicyclic) bond motifs is 2. The minimum atomic E-state index is -1.43. The largest absolute Gasteiger partial charge is 0.463 e. The van der Waals surface area contributed by atoms with Crippen LogP contribution in [-0.4, -0.2) is 126 Å². The van der Waals surface area contributed by atoms with Crippen molar-refractivity contribution in [2.24, 2.45) is 17.8 Å². The molecule has 2 N–H and O–H groups in total. The fraction of sp³-hybridized carbons (Fsp3) is 0.611. The van der Waals surface area contributed by atoms with Crippen LogP contribution in [0.25, 0.3) is 0 Å². The fourth-order valence-electron chi connectivity index (χ4n) is 7.93. The lowest BCUT2D eigenvalue weighted by Gasteiger charge is -2.39. The van der Waals surface area contributed by atoms with Crippen LogP contribution in [0.2, 0.25) is 0 Å². The van der Waals surface area contributed by atoms with Gasteiger partial charge in [-0.05, 0) is 24.3 Å². The molecule has 5 aliphatic rings. The van der Waals surface area contributed by atoms with Gasteiger partial charge in [0.15, 0.2) is 0 Å². The molecule has 0 aliphatic carbocycles. The molecule has 1 aromatic carbocycles. The van der Waals surface area contributed by atoms with Crippen molar-refractivity contribution in [3.63, 3.8) is 0 Å². The lowest BCUT2D eigenvalue weighted by Crippen LogP contribution is -2.59. The van der Waals surface area contributed by atoms with E-state index in [2.05, 4.69) is 10.2 Å². The summed E-state index contributed by atoms with van der Waals surface area (Å²) >= 11 is 0. The predicted molar refractivity (Wildman–Crippen MR) is 175 cm³/mol. The number of amides is 3. The summed E-state index contributed by atoms with van der Waals surface area (Å²) in [6, 6.07) is 6.91. The van der Waals surface area contributed by atoms with Gasteiger partial charge in [0.1, 0.15) is 18.2 Å². The molecule has 1 spiro atoms. The number of esters is 1. The van der Waals surface area contributed by atoms with Crippen LogP contribution in [0.15, 0.2) is 54.6 Å². The fourth-order valence-corrected chi connectivity index (χ4v) is 7.93. The van der Waals surface area contributed by atoms with Crippen molar-refractivity contribution < 1.29 is 38.5 Å². The number of nitrogens with one attached hydrogen (secondary N) is 1. The zero-order chi connectivity index (χ0) is 33.8. The summed E-state index contributed by atoms with van der Waals surface area (Å²) in [6.07, 6.45) is 7.40. The van der Waals surface area contributed by atoms with Gasteiger partial charge < -0.3 is 34.4 Å². The van der Waals surface area contributed by atoms with E-state index in [1.165, 1.54) is 4.90 Å². The van der Waals surface area contributed by atoms with E-state index in [1.54, 1.807) is 17.1 Å². The molecule has 7 atom stereocenters. The molecule has 3 fully saturated rings. The smallest absolute Gasteiger partial charge is 0.306 e. The Morgan fingerprint density at radius 2 is 1.79 bits per heavy atom. The molecule has 3 saturated heterocycles. The summed E-state index contributed by atoms with van der Waals surface area (Å²) in [5, 5.41) is 13.7. The number of cyclic esters (lactones) is 1. The Labute approximate surface area is 282 Å². The van der Waals surface area contributed by atoms with Crippen LogP contribution < -0.4 is 5.32 Å². The molecule has 260 valence electrons. The molecule has 5 heterocycles. The van der Waals surface area contributed by atoms with Gasteiger partial charge in [-0.25, -0.2) is 0 Å². The summed E-state index contributed by atoms with van der Waals surface area (Å²) in [7, 11) is 0. The summed E-state index contributed by atoms with van der Waals surface area (Å²) in [6.45, 7) is 7.95. The predicted octanol–water partition coefficient (Wildman–Crippen LogP) is 1.46. The number of morpholine rings is 1. The number of hydrogen-bond donors (Lipinski definition) is 2. The molecular weight excluding hydrogens is 616 g/mol. The normalized spacial score (nSPS) is 32.8. The van der Waals surface area contributed by atoms with Crippen LogP contribution in [0.1, 0.15) is 44.7 Å². The first-order valence-corrected chi connectivity index (χ1v) is 17.3. The Hall–Kier alpha value is -3.58. The van der Waals surface area contributed by atoms with Gasteiger partial charge in [-0.1, -0.05) is 68.5 Å². The monoisotopic (exact) mass is 664 g/mol. The summed E-state index contributed by atoms with van der Waals surface area (Å²) in [5.41, 5.74) is -0.677. The number of nitrogens with zero attached hydrogens (tertiary/aromatic N) is 3. The number of ether oxygens (including phenoxy) is 3. The van der Waals surface area contributed by atoms with Gasteiger partial charge in [0.25, 0.3) is 0 Å². The average molecular weight is 665 g/mol. The highest BCUT2D eigenvalue weighted by Crippen LogP contribution is 2.53. The zero-order valence-electron chi connectivity index (χ0n) is 27.9. The van der Waals surface area contributed by atoms with Crippen molar-refractivity contribution in [1.82, 2.24) is 20.0 Å². The highest BCUT2D eigenvalue weighted by atomic mass is 16.5. The second-order valence-corrected chi connectivity index (χ2v) is 13.8. The SMILES string of the molecule is CC(C)C[C@H](CO)N1C(=O)[C@H]2[C@@H]3C(=O)N[C@@H](c4ccccc4)COC(=O)CC/C=C\[C@@H]3O[C@]23C=CCN(CCN2CCOCC2)C(=O)[C@H]13. The minimum Gasteiger partial charge on any atom is -0.463 e. The third-order valence-corrected chi connectivity index (χ3v) is 10.2. The number of aliphatic hydroxyl groups is 1. The summed E-state index contributed by atoms with van der Waals surface area (Å²) in [4.78, 5) is 62.0. The molecule has 12 heteroatoms. The van der Waals surface area contributed by atoms with E-state index in [-0.39, 0.29) is 43.3 Å². The molecule has 5 aliphatic heterocycles. The Bertz CT molecular complexity index is 1400. The minimum absolute atomic E-state index is 0.0630. The first-order chi connectivity index (χ1) is 23.2. The van der Waals surface area contributed by atoms with Gasteiger partial charge in [0.05, 0.1) is 49.8 Å². The number of benzene rings is 1. The Kier molecular flexibility index (Phi) is 10.6. The molecular formula is C36H48N4O8. The van der Waals surface area contributed by atoms with Gasteiger partial charge in [-0.3, -0.25) is 24.1 Å². The molecule has 0 unspecified atom stereocenters. The summed E-state index contributed by atoms with van der Waals surface area (Å²) in [5.74, 6) is -3.29. The maximum atomic E-state index is 14.8. The third kappa shape index (κ3) is 6.80. The molecule has 3 amide bonds. The van der Waals surface area contributed by atoms with Crippen molar-refractivity contribution in [2.45, 2.75) is 62.9 Å². The van der Waals surface area contributed by atoms with Crippen LogP contribution in [0.4, 0.5) is 0 Å². The number of likely N-dealkylation sites (tertiary alicyclic amines) is 1. The van der Waals surface area contributed by atoms with Crippen LogP contribution in [0, 0.1) is 17.8 Å². The van der Waals surface area contributed by atoms with Gasteiger partial charge in [-0.15, -0.1) is 0 Å². The number of carbonyl (C=O) groups excluding carboxylic acids is 4. The first-order valence-electron chi connectivity index (χ1n) is 17.3. The number of aliphatic hydroxyl groups excluding tert-OH is 1. The molecule has 0 bridgehead atoms. The number of hydrogen-bond acceptors (Lipinski definition) is 9. The lowest BCUT2D eigenvalue weighted by atomic mass is 9.77. The van der Waals surface area contributed by atoms with E-state index in [1.807, 2.05) is 56.3 Å². The molecule has 48 heavy (non-hydrogen) atoms. The number of rotatable bonds is 8. The highest BCUT2D eigenvalue weighted by molar-refractivity contribution is 6.00. The summed E-state index contributed by atoms with van der Waals surface area (Å²) < 4.78 is 17.9. The van der Waals surface area contributed by atoms with E-state index in [0.29, 0.717) is 45.7 Å². The van der Waals surface area contributed by atoms with Crippen molar-refractivity contribution in [3.05, 3.63) is 60.2 Å². The zero-order valence-corrected chi connectivity index (χ0v) is 27.9. The second-order valence-electron chi connectivity index (χ2n) is 13.8. The van der Waals surface area contributed by atoms with Crippen LogP contribution in [0.3, 0.4) is 0 Å². The highest BCUT2D eigenvalue weighted by Gasteiger charge is 2.72. The number of allylic oxidation sites excluding steroid dienone is 1. The average Bonchev–Trinajstić information content (AvgIpc) is 3.48. The van der Waals surface area contributed by atoms with E-state index in [4.69, 9.17) is 14.2 Å². The maximum Gasteiger partial charge on any atom is 0.306 e. The van der Waals surface area contributed by atoms with E-state index in [9.17, 15) is 24.3 Å². The molecule has 0 saturated carbocycles. The van der Waals surface area contributed by atoms with Crippen LogP contribution in [-0.2, 0) is 33.4 Å². The van der Waals surface area contributed by atoms with Crippen LogP contribution in [0.5, 0.6) is 0 Å². The molecule has 12 nitrogen and oxygen atoms in total. The number of carbonyl (C=O) groups is 4. The van der Waals surface area contributed by atoms with E-state index < -0.39 is 47.6 Å². The van der Waals surface area contributed by atoms with Gasteiger partial charge in [-0.2, -0.15) is 0 Å². The van der Waals surface area contributed by atoms with Crippen molar-refractivity contribution in [3.8, 4) is 0 Å². The van der Waals surface area contributed by atoms with Crippen molar-refractivity contribution in [2.75, 3.05) is 59.2 Å². The Balaban J connectivity index is 1.38. The van der Waals surface area contributed by atoms with Gasteiger partial charge in [0.2, 0.25) is 17.7 Å². The maximum absolute atomic E-state index is 14.8. The topological polar surface area (TPSA) is 138 Å². The van der Waals surface area contributed by atoms with Crippen LogP contribution >= 0.6 is 0 Å². The Morgan fingerprint density at radius 1 is 1.02 bits per heavy atom. The van der Waals surface area contributed by atoms with Crippen molar-refractivity contribution in [1.29, 1.82) is 0 Å². The van der Waals surface area contributed by atoms with E-state index >= 15 is 0 Å². The molecule has 6 rings (SSSR count). The molecule has 1 aromatic rings. The van der Waals surface area contributed by atoms with Crippen molar-refractivity contribution >= 4 is 23.7 Å². The van der Waals surface area contributed by atoms with Gasteiger partial charge in [0, 0.05) is 39.1 Å². The lowest BCUT2D eigenvalue weighted by molar-refractivity contribution is -0.151. The molecule has 0 radical (unpaired) electrons. The quantitative estimate of drug-likeness (QED) is 0.313. The molecule has 0 aromatic heterocycles. The first kappa shape index (κ1) is 34.3. The second kappa shape index (κ2) is 14.9. The van der Waals surface area contributed by atoms with E-state index in [0.717, 1.165) is 18.7 Å². The standard InChI is InChI=1S/C36H48N4O8/c1-24(2)21-26(22-41)40-32-35(45)39(16-15-38-17-19-46-20-18-38)14-8-13-36(32)31(34(40)44)30-28(48-36)11-6-7-12-29(42)47-23-27(37-33(30)43)25-9-4-3-5-10-25/h3-6,8-11,13,24,26-28,30-32,41H,7,12,14-23H2,1-2H3,(H,37,43)/b11-6-/t26-,27-,28+,30-,31-,32+,36-/m1/s1. The third-order valence-electron chi connectivity index (χ3n) is 10.2.